The van der Waals surface area contributed by atoms with Crippen LogP contribution < -0.4 is 0 Å². The summed E-state index contributed by atoms with van der Waals surface area (Å²) in [6.07, 6.45) is 0. The predicted molar refractivity (Wildman–Crippen MR) is 421 cm³/mol. The molecule has 4 nitrogen and oxygen atoms in total. The smallest absolute Gasteiger partial charge is 0.143 e. The van der Waals surface area contributed by atoms with Gasteiger partial charge >= 0.3 is 0 Å². The van der Waals surface area contributed by atoms with Crippen LogP contribution in [-0.2, 0) is 0 Å². The minimum atomic E-state index is 0.881. The lowest BCUT2D eigenvalue weighted by Gasteiger charge is -2.17. The third-order valence-electron chi connectivity index (χ3n) is 20.6. The first-order chi connectivity index (χ1) is 49.6. The number of hydrogen-bond donors (Lipinski definition) is 0. The fraction of sp³-hybridized carbons (Fsp3) is 0. The van der Waals surface area contributed by atoms with Gasteiger partial charge in [0.15, 0.2) is 0 Å². The lowest BCUT2D eigenvalue weighted by molar-refractivity contribution is 0.669. The van der Waals surface area contributed by atoms with Crippen molar-refractivity contribution in [2.75, 3.05) is 0 Å². The normalized spacial score (nSPS) is 11.8. The van der Waals surface area contributed by atoms with Gasteiger partial charge in [-0.15, -0.1) is 0 Å². The van der Waals surface area contributed by atoms with Crippen molar-refractivity contribution in [1.82, 2.24) is 9.13 Å². The van der Waals surface area contributed by atoms with Crippen LogP contribution in [0.4, 0.5) is 0 Å². The fourth-order valence-electron chi connectivity index (χ4n) is 15.9. The summed E-state index contributed by atoms with van der Waals surface area (Å²) < 4.78 is 18.4. The molecule has 0 unspecified atom stereocenters. The van der Waals surface area contributed by atoms with Gasteiger partial charge in [-0.2, -0.15) is 0 Å². The van der Waals surface area contributed by atoms with Crippen LogP contribution in [0.1, 0.15) is 0 Å². The van der Waals surface area contributed by atoms with E-state index in [4.69, 9.17) is 8.83 Å². The third-order valence-corrected chi connectivity index (χ3v) is 20.6. The molecule has 0 spiro atoms. The van der Waals surface area contributed by atoms with E-state index in [-0.39, 0.29) is 0 Å². The second-order valence-electron chi connectivity index (χ2n) is 26.2. The Kier molecular flexibility index (Phi) is 13.2. The molecule has 100 heavy (non-hydrogen) atoms. The summed E-state index contributed by atoms with van der Waals surface area (Å²) in [5.74, 6) is 0. The molecule has 20 aromatic rings. The van der Waals surface area contributed by atoms with E-state index in [1.165, 1.54) is 0 Å². The molecule has 4 heteroatoms. The Morgan fingerprint density at radius 2 is 0.430 bits per heavy atom. The molecule has 16 aromatic carbocycles. The molecule has 4 heterocycles. The van der Waals surface area contributed by atoms with Crippen LogP contribution >= 0.6 is 0 Å². The van der Waals surface area contributed by atoms with Gasteiger partial charge in [0.25, 0.3) is 0 Å². The van der Waals surface area contributed by atoms with Crippen LogP contribution in [0.2, 0.25) is 0 Å². The number of rotatable bonds is 8. The Balaban J connectivity index is 0.982. The zero-order valence-corrected chi connectivity index (χ0v) is 54.4. The van der Waals surface area contributed by atoms with Gasteiger partial charge in [-0.3, -0.25) is 0 Å². The first-order valence-corrected chi connectivity index (χ1v) is 34.3. The van der Waals surface area contributed by atoms with Gasteiger partial charge in [-0.05, 0) is 173 Å². The van der Waals surface area contributed by atoms with E-state index < -0.39 is 0 Å². The standard InChI is InChI=1S/C96H60N2O2/c1-5-21-61(22-6-1)67-45-53-87-83(57-67)77-33-19-34-78-84-58-69(63-25-9-3-10-26-63)47-55-89(84)98(72-51-43-66(44-52-72)74-32-18-38-82-76-30-14-16-40-92(76)100-96(74)82)90-56-48-70(64-27-11-4-12-28-64)60-86(90)80-36-20-35-79(94(80)93(77)78)85-59-68(62-23-7-2-8-24-62)46-54-88(85)97(87)71-49-41-65(42-50-71)73-31-17-37-81-75-29-13-15-39-91(75)99-95(73)81/h1-60H. The zero-order chi connectivity index (χ0) is 65.8. The molecule has 0 bridgehead atoms. The monoisotopic (exact) mass is 1270 g/mol. The summed E-state index contributed by atoms with van der Waals surface area (Å²) in [5.41, 5.74) is 23.1. The number of nitrogens with zero attached hydrogens (tertiary/aromatic N) is 2. The molecule has 0 atom stereocenters. The summed E-state index contributed by atoms with van der Waals surface area (Å²) in [6.45, 7) is 0. The molecule has 0 saturated carbocycles. The van der Waals surface area contributed by atoms with E-state index in [9.17, 15) is 0 Å². The number of fused-ring (bicyclic) bond motifs is 14. The average molecular weight is 1270 g/mol. The summed E-state index contributed by atoms with van der Waals surface area (Å²) >= 11 is 0. The number of para-hydroxylation sites is 4. The molecule has 466 valence electrons. The third kappa shape index (κ3) is 9.30. The van der Waals surface area contributed by atoms with Crippen LogP contribution in [0.3, 0.4) is 0 Å². The molecule has 4 aromatic heterocycles. The summed E-state index contributed by atoms with van der Waals surface area (Å²) in [5, 5.41) is 15.6. The van der Waals surface area contributed by atoms with Crippen LogP contribution in [0, 0.1) is 0 Å². The molecule has 0 aliphatic carbocycles. The number of hydrogen-bond acceptors (Lipinski definition) is 2. The lowest BCUT2D eigenvalue weighted by Crippen LogP contribution is -1.99. The predicted octanol–water partition coefficient (Wildman–Crippen LogP) is 26.8. The Bertz CT molecular complexity index is 6120. The minimum absolute atomic E-state index is 0.881. The van der Waals surface area contributed by atoms with E-state index in [1.54, 1.807) is 0 Å². The summed E-state index contributed by atoms with van der Waals surface area (Å²) in [4.78, 5) is 0. The van der Waals surface area contributed by atoms with E-state index >= 15 is 0 Å². The summed E-state index contributed by atoms with van der Waals surface area (Å²) in [7, 11) is 0. The van der Waals surface area contributed by atoms with Crippen molar-refractivity contribution < 1.29 is 8.83 Å². The molecule has 0 aliphatic heterocycles. The largest absolute Gasteiger partial charge is 0.455 e. The number of aromatic nitrogens is 2. The second kappa shape index (κ2) is 23.2. The molecule has 20 rings (SSSR count). The highest BCUT2D eigenvalue weighted by Crippen LogP contribution is 2.46. The Morgan fingerprint density at radius 1 is 0.170 bits per heavy atom. The van der Waals surface area contributed by atoms with Crippen molar-refractivity contribution in [3.05, 3.63) is 364 Å². The average Bonchev–Trinajstić information content (AvgIpc) is 1.45. The van der Waals surface area contributed by atoms with E-state index in [2.05, 4.69) is 361 Å². The van der Waals surface area contributed by atoms with Crippen molar-refractivity contribution in [3.63, 3.8) is 0 Å². The molecule has 0 radical (unpaired) electrons. The van der Waals surface area contributed by atoms with Gasteiger partial charge in [0.2, 0.25) is 0 Å². The number of furan rings is 2. The van der Waals surface area contributed by atoms with Gasteiger partial charge in [0.1, 0.15) is 22.3 Å². The van der Waals surface area contributed by atoms with Gasteiger partial charge in [0.05, 0.1) is 22.1 Å². The fourth-order valence-corrected chi connectivity index (χ4v) is 15.9. The maximum Gasteiger partial charge on any atom is 0.143 e. The molecule has 0 amide bonds. The van der Waals surface area contributed by atoms with Crippen LogP contribution in [0.5, 0.6) is 0 Å². The second-order valence-corrected chi connectivity index (χ2v) is 26.2. The first-order valence-electron chi connectivity index (χ1n) is 34.3. The van der Waals surface area contributed by atoms with Gasteiger partial charge in [-0.25, -0.2) is 0 Å². The van der Waals surface area contributed by atoms with Gasteiger partial charge in [-0.1, -0.05) is 279 Å². The quantitative estimate of drug-likeness (QED) is 0.152. The van der Waals surface area contributed by atoms with Crippen LogP contribution in [0.15, 0.2) is 373 Å². The van der Waals surface area contributed by atoms with Gasteiger partial charge in [0, 0.05) is 65.6 Å². The van der Waals surface area contributed by atoms with E-state index in [1.807, 2.05) is 12.1 Å². The number of benzene rings is 16. The highest BCUT2D eigenvalue weighted by atomic mass is 16.3. The zero-order valence-electron chi connectivity index (χ0n) is 54.4. The highest BCUT2D eigenvalue weighted by Gasteiger charge is 2.22. The van der Waals surface area contributed by atoms with Crippen LogP contribution in [0.25, 0.3) is 198 Å². The van der Waals surface area contributed by atoms with Crippen molar-refractivity contribution >= 4 is 120 Å². The molecule has 0 aliphatic rings. The molecular weight excluding hydrogens is 1210 g/mol. The van der Waals surface area contributed by atoms with Gasteiger partial charge < -0.3 is 18.0 Å². The SMILES string of the molecule is c1ccc(-c2ccc3c(c2)c2cccc4c5cc(-c6ccccc6)ccc5n(-c5ccc(-c6cccc7c6oc6ccccc67)cc5)c5ccc(-c6ccccc6)cc5c5cccc(c6cc(-c7ccccc7)ccc6n3-c3ccc(-c6cccc7c6oc6ccccc67)cc3)c5c24)cc1. The highest BCUT2D eigenvalue weighted by molar-refractivity contribution is 6.34. The first kappa shape index (κ1) is 57.0. The van der Waals surface area contributed by atoms with Crippen molar-refractivity contribution in [3.8, 4) is 78.1 Å². The minimum Gasteiger partial charge on any atom is -0.455 e. The molecule has 0 N–H and O–H groups in total. The topological polar surface area (TPSA) is 36.1 Å². The molecule has 0 saturated heterocycles. The van der Waals surface area contributed by atoms with Crippen molar-refractivity contribution in [2.24, 2.45) is 0 Å². The van der Waals surface area contributed by atoms with E-state index in [0.717, 1.165) is 198 Å². The van der Waals surface area contributed by atoms with Crippen molar-refractivity contribution in [1.29, 1.82) is 0 Å². The Labute approximate surface area is 576 Å². The molecule has 0 fully saturated rings. The van der Waals surface area contributed by atoms with Crippen molar-refractivity contribution in [2.45, 2.75) is 0 Å². The lowest BCUT2D eigenvalue weighted by atomic mass is 9.92. The Hall–Kier alpha value is -13.3. The maximum atomic E-state index is 6.69. The maximum absolute atomic E-state index is 6.69. The summed E-state index contributed by atoms with van der Waals surface area (Å²) in [6, 6.07) is 134. The van der Waals surface area contributed by atoms with E-state index in [0.29, 0.717) is 0 Å². The Morgan fingerprint density at radius 3 is 0.750 bits per heavy atom. The molecular formula is C96H60N2O2. The van der Waals surface area contributed by atoms with Crippen LogP contribution in [-0.4, -0.2) is 9.13 Å².